The van der Waals surface area contributed by atoms with Gasteiger partial charge in [-0.05, 0) is 37.0 Å². The number of nitrogens with one attached hydrogen (secondary N) is 1. The highest BCUT2D eigenvalue weighted by molar-refractivity contribution is 5.66. The van der Waals surface area contributed by atoms with Gasteiger partial charge in [0.25, 0.3) is 5.56 Å². The smallest absolute Gasteiger partial charge is 0.323 e. The van der Waals surface area contributed by atoms with E-state index in [1.807, 2.05) is 0 Å². The number of rotatable bonds is 5. The van der Waals surface area contributed by atoms with Crippen molar-refractivity contribution in [3.05, 3.63) is 22.7 Å². The van der Waals surface area contributed by atoms with Crippen molar-refractivity contribution in [3.8, 4) is 0 Å². The molecular formula is C14H19N3O3. The summed E-state index contributed by atoms with van der Waals surface area (Å²) in [6.45, 7) is 0.433. The van der Waals surface area contributed by atoms with Crippen molar-refractivity contribution in [2.24, 2.45) is 11.3 Å². The fourth-order valence-electron chi connectivity index (χ4n) is 3.42. The highest BCUT2D eigenvalue weighted by Gasteiger charge is 2.50. The van der Waals surface area contributed by atoms with Crippen molar-refractivity contribution >= 4 is 11.8 Å². The van der Waals surface area contributed by atoms with Crippen LogP contribution in [0.1, 0.15) is 32.1 Å². The molecule has 108 valence electrons. The SMILES string of the molecule is O=C(O)Cn1ccnc(NCC2CCC23CCC3)c1=O. The standard InChI is InChI=1S/C14H19N3O3/c18-11(19)9-17-7-6-15-12(13(17)20)16-8-10-2-5-14(10)3-1-4-14/h6-7,10H,1-5,8-9H2,(H,15,16)(H,18,19). The first-order valence-corrected chi connectivity index (χ1v) is 7.12. The first-order valence-electron chi connectivity index (χ1n) is 7.12. The number of carboxylic acids is 1. The zero-order valence-electron chi connectivity index (χ0n) is 11.3. The largest absolute Gasteiger partial charge is 0.480 e. The number of aliphatic carboxylic acids is 1. The van der Waals surface area contributed by atoms with Crippen LogP contribution in [0, 0.1) is 11.3 Å². The topological polar surface area (TPSA) is 84.2 Å². The van der Waals surface area contributed by atoms with Gasteiger partial charge in [-0.15, -0.1) is 0 Å². The van der Waals surface area contributed by atoms with Gasteiger partial charge in [0.15, 0.2) is 5.82 Å². The van der Waals surface area contributed by atoms with Gasteiger partial charge in [-0.2, -0.15) is 0 Å². The van der Waals surface area contributed by atoms with E-state index in [2.05, 4.69) is 10.3 Å². The second-order valence-corrected chi connectivity index (χ2v) is 5.94. The Bertz CT molecular complexity index is 572. The molecule has 2 aliphatic carbocycles. The van der Waals surface area contributed by atoms with E-state index in [-0.39, 0.29) is 17.9 Å². The van der Waals surface area contributed by atoms with E-state index in [9.17, 15) is 9.59 Å². The number of hydrogen-bond acceptors (Lipinski definition) is 4. The van der Waals surface area contributed by atoms with Gasteiger partial charge in [0.2, 0.25) is 0 Å². The van der Waals surface area contributed by atoms with Crippen molar-refractivity contribution in [2.75, 3.05) is 11.9 Å². The summed E-state index contributed by atoms with van der Waals surface area (Å²) < 4.78 is 1.16. The average molecular weight is 277 g/mol. The molecule has 1 spiro atoms. The Kier molecular flexibility index (Phi) is 3.23. The summed E-state index contributed by atoms with van der Waals surface area (Å²) in [5.41, 5.74) is 0.166. The Balaban J connectivity index is 1.65. The zero-order valence-corrected chi connectivity index (χ0v) is 11.3. The lowest BCUT2D eigenvalue weighted by Crippen LogP contribution is -2.48. The summed E-state index contributed by atoms with van der Waals surface area (Å²) >= 11 is 0. The lowest BCUT2D eigenvalue weighted by molar-refractivity contribution is -0.137. The first kappa shape index (κ1) is 13.1. The molecule has 2 aliphatic rings. The maximum atomic E-state index is 12.0. The second-order valence-electron chi connectivity index (χ2n) is 5.94. The van der Waals surface area contributed by atoms with Crippen LogP contribution in [0.3, 0.4) is 0 Å². The molecule has 1 unspecified atom stereocenters. The molecule has 0 aromatic carbocycles. The van der Waals surface area contributed by atoms with Gasteiger partial charge < -0.3 is 10.4 Å². The lowest BCUT2D eigenvalue weighted by atomic mass is 9.50. The molecule has 1 aromatic rings. The summed E-state index contributed by atoms with van der Waals surface area (Å²) in [6, 6.07) is 0. The van der Waals surface area contributed by atoms with Crippen LogP contribution in [0.2, 0.25) is 0 Å². The summed E-state index contributed by atoms with van der Waals surface area (Å²) in [5, 5.41) is 11.9. The van der Waals surface area contributed by atoms with Gasteiger partial charge in [0, 0.05) is 18.9 Å². The van der Waals surface area contributed by atoms with Gasteiger partial charge in [-0.3, -0.25) is 14.2 Å². The highest BCUT2D eigenvalue weighted by Crippen LogP contribution is 2.59. The summed E-state index contributed by atoms with van der Waals surface area (Å²) in [7, 11) is 0. The zero-order chi connectivity index (χ0) is 14.2. The van der Waals surface area contributed by atoms with Crippen LogP contribution < -0.4 is 10.9 Å². The molecule has 3 rings (SSSR count). The Hall–Kier alpha value is -1.85. The second kappa shape index (κ2) is 4.92. The van der Waals surface area contributed by atoms with Crippen LogP contribution in [-0.4, -0.2) is 27.2 Å². The van der Waals surface area contributed by atoms with Crippen LogP contribution >= 0.6 is 0 Å². The minimum Gasteiger partial charge on any atom is -0.480 e. The number of anilines is 1. The third-order valence-corrected chi connectivity index (χ3v) is 4.94. The Labute approximate surface area is 116 Å². The molecule has 0 saturated heterocycles. The monoisotopic (exact) mass is 277 g/mol. The van der Waals surface area contributed by atoms with Gasteiger partial charge in [-0.1, -0.05) is 6.42 Å². The Morgan fingerprint density at radius 2 is 2.30 bits per heavy atom. The molecule has 0 amide bonds. The van der Waals surface area contributed by atoms with E-state index in [1.54, 1.807) is 0 Å². The summed E-state index contributed by atoms with van der Waals surface area (Å²) in [5.74, 6) is -0.141. The molecule has 6 heteroatoms. The van der Waals surface area contributed by atoms with Crippen LogP contribution in [0.5, 0.6) is 0 Å². The van der Waals surface area contributed by atoms with Gasteiger partial charge in [-0.25, -0.2) is 4.98 Å². The third-order valence-electron chi connectivity index (χ3n) is 4.94. The van der Waals surface area contributed by atoms with Gasteiger partial charge in [0.05, 0.1) is 0 Å². The predicted octanol–water partition coefficient (Wildman–Crippen LogP) is 1.32. The molecule has 0 bridgehead atoms. The molecule has 1 aromatic heterocycles. The van der Waals surface area contributed by atoms with E-state index in [0.29, 0.717) is 11.3 Å². The van der Waals surface area contributed by atoms with Crippen molar-refractivity contribution in [2.45, 2.75) is 38.6 Å². The fraction of sp³-hybridized carbons (Fsp3) is 0.643. The Morgan fingerprint density at radius 1 is 1.50 bits per heavy atom. The molecule has 6 nitrogen and oxygen atoms in total. The van der Waals surface area contributed by atoms with Gasteiger partial charge in [0.1, 0.15) is 6.54 Å². The molecule has 1 atom stereocenters. The van der Waals surface area contributed by atoms with Gasteiger partial charge >= 0.3 is 5.97 Å². The number of carbonyl (C=O) groups is 1. The third kappa shape index (κ3) is 2.19. The van der Waals surface area contributed by atoms with Crippen molar-refractivity contribution in [1.82, 2.24) is 9.55 Å². The van der Waals surface area contributed by atoms with Crippen LogP contribution in [-0.2, 0) is 11.3 Å². The minimum atomic E-state index is -1.03. The molecule has 2 saturated carbocycles. The van der Waals surface area contributed by atoms with Crippen LogP contribution in [0.4, 0.5) is 5.82 Å². The fourth-order valence-corrected chi connectivity index (χ4v) is 3.42. The van der Waals surface area contributed by atoms with Crippen LogP contribution in [0.25, 0.3) is 0 Å². The number of nitrogens with zero attached hydrogens (tertiary/aromatic N) is 2. The number of aromatic nitrogens is 2. The number of carboxylic acid groups (broad SMARTS) is 1. The maximum Gasteiger partial charge on any atom is 0.323 e. The van der Waals surface area contributed by atoms with E-state index in [4.69, 9.17) is 5.11 Å². The quantitative estimate of drug-likeness (QED) is 0.848. The summed E-state index contributed by atoms with van der Waals surface area (Å²) in [6.07, 6.45) is 9.33. The van der Waals surface area contributed by atoms with E-state index in [1.165, 1.54) is 44.5 Å². The maximum absolute atomic E-state index is 12.0. The molecule has 2 N–H and O–H groups in total. The lowest BCUT2D eigenvalue weighted by Gasteiger charge is -2.56. The summed E-state index contributed by atoms with van der Waals surface area (Å²) in [4.78, 5) is 26.8. The molecule has 0 radical (unpaired) electrons. The normalized spacial score (nSPS) is 22.9. The first-order chi connectivity index (χ1) is 9.61. The Morgan fingerprint density at radius 3 is 2.85 bits per heavy atom. The average Bonchev–Trinajstić information content (AvgIpc) is 2.30. The van der Waals surface area contributed by atoms with Crippen molar-refractivity contribution in [1.29, 1.82) is 0 Å². The molecular weight excluding hydrogens is 258 g/mol. The number of hydrogen-bond donors (Lipinski definition) is 2. The predicted molar refractivity (Wildman–Crippen MR) is 73.6 cm³/mol. The highest BCUT2D eigenvalue weighted by atomic mass is 16.4. The van der Waals surface area contributed by atoms with Crippen molar-refractivity contribution in [3.63, 3.8) is 0 Å². The molecule has 1 heterocycles. The minimum absolute atomic E-state index is 0.259. The molecule has 2 fully saturated rings. The van der Waals surface area contributed by atoms with Crippen molar-refractivity contribution < 1.29 is 9.90 Å². The molecule has 0 aliphatic heterocycles. The van der Waals surface area contributed by atoms with E-state index in [0.717, 1.165) is 11.1 Å². The molecule has 20 heavy (non-hydrogen) atoms. The van der Waals surface area contributed by atoms with E-state index >= 15 is 0 Å². The van der Waals surface area contributed by atoms with Crippen LogP contribution in [0.15, 0.2) is 17.2 Å². The van der Waals surface area contributed by atoms with E-state index < -0.39 is 5.97 Å².